The maximum absolute atomic E-state index is 2.58. The molecule has 0 nitrogen and oxygen atoms in total. The predicted octanol–water partition coefficient (Wildman–Crippen LogP) is 0.114. The summed E-state index contributed by atoms with van der Waals surface area (Å²) in [6, 6.07) is 18.4. The van der Waals surface area contributed by atoms with E-state index in [0.29, 0.717) is 5.92 Å². The van der Waals surface area contributed by atoms with Crippen LogP contribution in [0.5, 0.6) is 0 Å². The van der Waals surface area contributed by atoms with E-state index in [9.17, 15) is 0 Å². The van der Waals surface area contributed by atoms with Crippen LogP contribution in [0.25, 0.3) is 11.1 Å². The average molecular weight is 566 g/mol. The van der Waals surface area contributed by atoms with E-state index >= 15 is 0 Å². The van der Waals surface area contributed by atoms with E-state index in [1.54, 1.807) is 16.7 Å². The molecular formula is C22H24Cl2HfSi. The third-order valence-electron chi connectivity index (χ3n) is 5.47. The fourth-order valence-corrected chi connectivity index (χ4v) is 32.7. The second-order valence-corrected chi connectivity index (χ2v) is 31.4. The summed E-state index contributed by atoms with van der Waals surface area (Å²) >= 11 is -2.01. The SMILES string of the molecule is CC1=[C]([Hf+2]([CH]2c3ccccc3-c3ccccc32)=[Si](C)C)C(C)C=C1.[Cl-].[Cl-]. The van der Waals surface area contributed by atoms with Gasteiger partial charge in [-0.1, -0.05) is 0 Å². The molecule has 0 N–H and O–H groups in total. The van der Waals surface area contributed by atoms with E-state index in [1.807, 2.05) is 3.33 Å². The standard InChI is InChI=1S/C13H9.C7H9.C2H6Si.2ClH.Hf/c1-3-7-12-10(5-1)9-11-6-2-4-8-13(11)12;1-6-3-4-7(2)5-6;1-3-2;;;/h1-9H;3-4,6H,1-2H3;1-2H3;2*1H;/q;;;;;+2/p-2. The van der Waals surface area contributed by atoms with Gasteiger partial charge in [-0.05, 0) is 0 Å². The van der Waals surface area contributed by atoms with Gasteiger partial charge in [0, 0.05) is 0 Å². The van der Waals surface area contributed by atoms with E-state index < -0.39 is 20.1 Å². The summed E-state index contributed by atoms with van der Waals surface area (Å²) in [5.41, 5.74) is 7.59. The quantitative estimate of drug-likeness (QED) is 0.454. The second kappa shape index (κ2) is 8.73. The molecular weight excluding hydrogens is 542 g/mol. The van der Waals surface area contributed by atoms with Crippen molar-refractivity contribution in [2.45, 2.75) is 30.6 Å². The van der Waals surface area contributed by atoms with Crippen LogP contribution < -0.4 is 24.8 Å². The van der Waals surface area contributed by atoms with Crippen LogP contribution in [0.15, 0.2) is 69.6 Å². The van der Waals surface area contributed by atoms with E-state index in [0.717, 1.165) is 3.67 Å². The van der Waals surface area contributed by atoms with Crippen molar-refractivity contribution in [1.29, 1.82) is 0 Å². The zero-order chi connectivity index (χ0) is 16.8. The van der Waals surface area contributed by atoms with Crippen LogP contribution in [-0.4, -0.2) is 5.49 Å². The molecule has 0 amide bonds. The fraction of sp³-hybridized carbons (Fsp3) is 0.273. The zero-order valence-corrected chi connectivity index (χ0v) is 21.8. The van der Waals surface area contributed by atoms with Crippen molar-refractivity contribution in [3.8, 4) is 11.1 Å². The van der Waals surface area contributed by atoms with Gasteiger partial charge in [0.15, 0.2) is 0 Å². The first-order chi connectivity index (χ1) is 11.6. The van der Waals surface area contributed by atoms with Gasteiger partial charge in [-0.3, -0.25) is 0 Å². The molecule has 0 heterocycles. The first-order valence-corrected chi connectivity index (χ1v) is 20.6. The molecule has 0 fully saturated rings. The minimum absolute atomic E-state index is 0. The Morgan fingerprint density at radius 1 is 0.846 bits per heavy atom. The summed E-state index contributed by atoms with van der Waals surface area (Å²) in [5, 5.41) is 0. The van der Waals surface area contributed by atoms with Gasteiger partial charge in [0.1, 0.15) is 0 Å². The minimum Gasteiger partial charge on any atom is -1.00 e. The third-order valence-corrected chi connectivity index (χ3v) is 32.2. The van der Waals surface area contributed by atoms with Crippen LogP contribution in [0.1, 0.15) is 28.6 Å². The van der Waals surface area contributed by atoms with E-state index in [1.165, 1.54) is 11.1 Å². The van der Waals surface area contributed by atoms with E-state index in [2.05, 4.69) is 87.6 Å². The number of rotatable bonds is 2. The van der Waals surface area contributed by atoms with Crippen molar-refractivity contribution in [1.82, 2.24) is 0 Å². The van der Waals surface area contributed by atoms with Crippen LogP contribution in [0, 0.1) is 5.92 Å². The molecule has 2 aliphatic rings. The van der Waals surface area contributed by atoms with Crippen LogP contribution >= 0.6 is 0 Å². The fourth-order valence-electron chi connectivity index (χ4n) is 4.47. The van der Waals surface area contributed by atoms with Gasteiger partial charge in [-0.2, -0.15) is 0 Å². The van der Waals surface area contributed by atoms with Crippen LogP contribution in [0.4, 0.5) is 0 Å². The van der Waals surface area contributed by atoms with Crippen molar-refractivity contribution >= 4 is 5.49 Å². The Morgan fingerprint density at radius 3 is 1.77 bits per heavy atom. The largest absolute Gasteiger partial charge is 1.00 e. The van der Waals surface area contributed by atoms with Gasteiger partial charge >= 0.3 is 154 Å². The van der Waals surface area contributed by atoms with Crippen molar-refractivity contribution in [3.05, 3.63) is 80.7 Å². The normalized spacial score (nSPS) is 17.0. The molecule has 0 saturated carbocycles. The first-order valence-electron chi connectivity index (χ1n) is 8.84. The van der Waals surface area contributed by atoms with Gasteiger partial charge in [-0.15, -0.1) is 0 Å². The average Bonchev–Trinajstić information content (AvgIpc) is 3.08. The predicted molar refractivity (Wildman–Crippen MR) is 102 cm³/mol. The molecule has 1 unspecified atom stereocenters. The maximum Gasteiger partial charge on any atom is -1.00 e. The van der Waals surface area contributed by atoms with Gasteiger partial charge in [0.05, 0.1) is 0 Å². The monoisotopic (exact) mass is 566 g/mol. The van der Waals surface area contributed by atoms with Crippen LogP contribution in [0.3, 0.4) is 0 Å². The maximum atomic E-state index is 2.58. The molecule has 4 rings (SSSR count). The molecule has 0 saturated heterocycles. The van der Waals surface area contributed by atoms with Gasteiger partial charge < -0.3 is 24.8 Å². The molecule has 2 aromatic carbocycles. The Kier molecular flexibility index (Phi) is 7.35. The smallest absolute Gasteiger partial charge is 1.00 e. The Bertz CT molecular complexity index is 878. The van der Waals surface area contributed by atoms with Gasteiger partial charge in [-0.25, -0.2) is 0 Å². The molecule has 0 aromatic heterocycles. The number of halogens is 2. The summed E-state index contributed by atoms with van der Waals surface area (Å²) in [6.07, 6.45) is 4.83. The molecule has 0 radical (unpaired) electrons. The number of benzene rings is 2. The second-order valence-electron chi connectivity index (χ2n) is 7.27. The molecule has 0 spiro atoms. The van der Waals surface area contributed by atoms with E-state index in [-0.39, 0.29) is 30.3 Å². The molecule has 1 atom stereocenters. The topological polar surface area (TPSA) is 0 Å². The zero-order valence-electron chi connectivity index (χ0n) is 15.7. The molecule has 134 valence electrons. The Labute approximate surface area is 177 Å². The van der Waals surface area contributed by atoms with Crippen molar-refractivity contribution < 1.29 is 44.9 Å². The number of allylic oxidation sites excluding steroid dienone is 4. The summed E-state index contributed by atoms with van der Waals surface area (Å²) in [6.45, 7) is 9.95. The Balaban J connectivity index is 0.00000121. The van der Waals surface area contributed by atoms with Crippen LogP contribution in [0.2, 0.25) is 13.1 Å². The van der Waals surface area contributed by atoms with Gasteiger partial charge in [0.25, 0.3) is 0 Å². The molecule has 2 aromatic rings. The Morgan fingerprint density at radius 2 is 1.35 bits per heavy atom. The third kappa shape index (κ3) is 3.51. The summed E-state index contributed by atoms with van der Waals surface area (Å²) in [5.74, 6) is 0.673. The van der Waals surface area contributed by atoms with Crippen molar-refractivity contribution in [2.24, 2.45) is 5.92 Å². The summed E-state index contributed by atoms with van der Waals surface area (Å²) in [7, 11) is 0. The summed E-state index contributed by atoms with van der Waals surface area (Å²) in [4.78, 5) is 0. The van der Waals surface area contributed by atoms with Crippen LogP contribution in [-0.2, 0) is 20.1 Å². The summed E-state index contributed by atoms with van der Waals surface area (Å²) < 4.78 is 2.63. The Hall–Kier alpha value is -0.413. The van der Waals surface area contributed by atoms with E-state index in [4.69, 9.17) is 0 Å². The molecule has 4 heteroatoms. The van der Waals surface area contributed by atoms with Crippen molar-refractivity contribution in [3.63, 3.8) is 0 Å². The number of fused-ring (bicyclic) bond motifs is 3. The number of hydrogen-bond donors (Lipinski definition) is 0. The number of hydrogen-bond acceptors (Lipinski definition) is 0. The molecule has 0 bridgehead atoms. The minimum atomic E-state index is -2.01. The first kappa shape index (κ1) is 21.9. The molecule has 0 aliphatic heterocycles. The van der Waals surface area contributed by atoms with Gasteiger partial charge in [0.2, 0.25) is 0 Å². The molecule has 2 aliphatic carbocycles. The van der Waals surface area contributed by atoms with Crippen molar-refractivity contribution in [2.75, 3.05) is 0 Å². The molecule has 26 heavy (non-hydrogen) atoms.